The fourth-order valence-electron chi connectivity index (χ4n) is 1.32. The number of hydrogen-bond donors (Lipinski definition) is 2. The number of aryl methyl sites for hydroxylation is 1. The van der Waals surface area contributed by atoms with Gasteiger partial charge in [0.1, 0.15) is 11.9 Å². The van der Waals surface area contributed by atoms with Gasteiger partial charge < -0.3 is 0 Å². The second-order valence-electron chi connectivity index (χ2n) is 3.60. The number of nitriles is 1. The summed E-state index contributed by atoms with van der Waals surface area (Å²) in [7, 11) is -3.84. The highest BCUT2D eigenvalue weighted by Crippen LogP contribution is 2.21. The summed E-state index contributed by atoms with van der Waals surface area (Å²) in [5, 5.41) is 15.0. The summed E-state index contributed by atoms with van der Waals surface area (Å²) in [5.41, 5.74) is 0.203. The minimum atomic E-state index is -3.84. The molecule has 0 radical (unpaired) electrons. The van der Waals surface area contributed by atoms with E-state index >= 15 is 0 Å². The molecule has 19 heavy (non-hydrogen) atoms. The summed E-state index contributed by atoms with van der Waals surface area (Å²) in [5.74, 6) is 0.425. The number of nitrogens with one attached hydrogen (secondary N) is 2. The molecule has 9 heteroatoms. The van der Waals surface area contributed by atoms with E-state index in [1.165, 1.54) is 18.2 Å². The van der Waals surface area contributed by atoms with Gasteiger partial charge in [-0.2, -0.15) is 10.2 Å². The molecule has 0 saturated heterocycles. The zero-order chi connectivity index (χ0) is 14.0. The second-order valence-corrected chi connectivity index (χ2v) is 5.69. The molecule has 0 aliphatic carbocycles. The number of nitrogens with zero attached hydrogens (tertiary/aromatic N) is 3. The molecule has 2 N–H and O–H groups in total. The van der Waals surface area contributed by atoms with E-state index in [0.29, 0.717) is 5.82 Å². The normalized spacial score (nSPS) is 11.0. The van der Waals surface area contributed by atoms with Gasteiger partial charge in [-0.3, -0.25) is 5.10 Å². The number of sulfonamides is 1. The largest absolute Gasteiger partial charge is 0.264 e. The molecule has 1 aromatic carbocycles. The third-order valence-corrected chi connectivity index (χ3v) is 3.83. The second kappa shape index (κ2) is 4.87. The van der Waals surface area contributed by atoms with Crippen LogP contribution in [0.15, 0.2) is 23.1 Å². The van der Waals surface area contributed by atoms with Crippen LogP contribution in [0.5, 0.6) is 0 Å². The van der Waals surface area contributed by atoms with Crippen LogP contribution in [-0.4, -0.2) is 23.6 Å². The van der Waals surface area contributed by atoms with E-state index in [-0.39, 0.29) is 21.4 Å². The van der Waals surface area contributed by atoms with Crippen LogP contribution in [0.3, 0.4) is 0 Å². The zero-order valence-electron chi connectivity index (χ0n) is 9.68. The SMILES string of the molecule is Cc1nc(NS(=O)(=O)c2ccc(C#N)c(Cl)c2)n[nH]1. The van der Waals surface area contributed by atoms with Gasteiger partial charge in [-0.05, 0) is 25.1 Å². The van der Waals surface area contributed by atoms with Crippen molar-refractivity contribution in [3.05, 3.63) is 34.6 Å². The Kier molecular flexibility index (Phi) is 3.42. The highest BCUT2D eigenvalue weighted by molar-refractivity contribution is 7.92. The lowest BCUT2D eigenvalue weighted by atomic mass is 10.2. The molecular weight excluding hydrogens is 290 g/mol. The van der Waals surface area contributed by atoms with Crippen molar-refractivity contribution in [3.63, 3.8) is 0 Å². The Morgan fingerprint density at radius 1 is 1.47 bits per heavy atom. The minimum absolute atomic E-state index is 0.0574. The van der Waals surface area contributed by atoms with E-state index in [1.54, 1.807) is 6.92 Å². The molecule has 7 nitrogen and oxygen atoms in total. The molecule has 0 amide bonds. The highest BCUT2D eigenvalue weighted by atomic mass is 35.5. The topological polar surface area (TPSA) is 112 Å². The number of hydrogen-bond acceptors (Lipinski definition) is 5. The number of aromatic nitrogens is 3. The van der Waals surface area contributed by atoms with Crippen molar-refractivity contribution in [3.8, 4) is 6.07 Å². The Hall–Kier alpha value is -2.11. The minimum Gasteiger partial charge on any atom is -0.261 e. The van der Waals surface area contributed by atoms with E-state index in [9.17, 15) is 8.42 Å². The van der Waals surface area contributed by atoms with Gasteiger partial charge in [0, 0.05) is 0 Å². The number of halogens is 1. The molecule has 0 saturated carbocycles. The molecule has 98 valence electrons. The monoisotopic (exact) mass is 297 g/mol. The molecule has 0 spiro atoms. The van der Waals surface area contributed by atoms with E-state index in [0.717, 1.165) is 0 Å². The molecule has 0 aliphatic heterocycles. The van der Waals surface area contributed by atoms with Crippen molar-refractivity contribution in [1.29, 1.82) is 5.26 Å². The number of rotatable bonds is 3. The molecule has 2 rings (SSSR count). The summed E-state index contributed by atoms with van der Waals surface area (Å²) < 4.78 is 26.2. The molecule has 2 aromatic rings. The van der Waals surface area contributed by atoms with Gasteiger partial charge in [-0.1, -0.05) is 11.6 Å². The maximum absolute atomic E-state index is 12.0. The molecule has 0 atom stereocenters. The Bertz CT molecular complexity index is 762. The quantitative estimate of drug-likeness (QED) is 0.890. The maximum Gasteiger partial charge on any atom is 0.264 e. The average Bonchev–Trinajstić information content (AvgIpc) is 2.73. The predicted octanol–water partition coefficient (Wildman–Crippen LogP) is 1.44. The van der Waals surface area contributed by atoms with Gasteiger partial charge in [0.05, 0.1) is 15.5 Å². The van der Waals surface area contributed by atoms with Crippen LogP contribution >= 0.6 is 11.6 Å². The van der Waals surface area contributed by atoms with Crippen LogP contribution in [0, 0.1) is 18.3 Å². The van der Waals surface area contributed by atoms with Gasteiger partial charge in [0.15, 0.2) is 0 Å². The first-order chi connectivity index (χ1) is 8.92. The van der Waals surface area contributed by atoms with Crippen molar-refractivity contribution in [2.75, 3.05) is 4.72 Å². The zero-order valence-corrected chi connectivity index (χ0v) is 11.2. The molecule has 0 unspecified atom stereocenters. The Labute approximate surface area is 114 Å². The molecule has 1 heterocycles. The Morgan fingerprint density at radius 3 is 2.74 bits per heavy atom. The standard InChI is InChI=1S/C10H8ClN5O2S/c1-6-13-10(15-14-6)16-19(17,18)8-3-2-7(5-12)9(11)4-8/h2-4H,1H3,(H2,13,14,15,16). The molecule has 0 bridgehead atoms. The van der Waals surface area contributed by atoms with Crippen molar-refractivity contribution in [2.45, 2.75) is 11.8 Å². The van der Waals surface area contributed by atoms with Gasteiger partial charge >= 0.3 is 0 Å². The van der Waals surface area contributed by atoms with Crippen LogP contribution in [0.1, 0.15) is 11.4 Å². The Balaban J connectivity index is 2.35. The number of benzene rings is 1. The number of anilines is 1. The first kappa shape index (κ1) is 13.3. The van der Waals surface area contributed by atoms with Crippen molar-refractivity contribution < 1.29 is 8.42 Å². The third-order valence-electron chi connectivity index (χ3n) is 2.19. The first-order valence-electron chi connectivity index (χ1n) is 5.04. The lowest BCUT2D eigenvalue weighted by Crippen LogP contribution is -2.14. The van der Waals surface area contributed by atoms with Crippen LogP contribution in [0.4, 0.5) is 5.95 Å². The summed E-state index contributed by atoms with van der Waals surface area (Å²) >= 11 is 5.79. The summed E-state index contributed by atoms with van der Waals surface area (Å²) in [6.45, 7) is 1.64. The van der Waals surface area contributed by atoms with Gasteiger partial charge in [-0.15, -0.1) is 5.10 Å². The van der Waals surface area contributed by atoms with Crippen molar-refractivity contribution in [1.82, 2.24) is 15.2 Å². The molecule has 0 aliphatic rings. The fraction of sp³-hybridized carbons (Fsp3) is 0.100. The van der Waals surface area contributed by atoms with Gasteiger partial charge in [0.25, 0.3) is 16.0 Å². The maximum atomic E-state index is 12.0. The van der Waals surface area contributed by atoms with Crippen molar-refractivity contribution >= 4 is 27.6 Å². The Morgan fingerprint density at radius 2 is 2.21 bits per heavy atom. The summed E-state index contributed by atoms with van der Waals surface area (Å²) in [6.07, 6.45) is 0. The van der Waals surface area contributed by atoms with Crippen LogP contribution in [0.25, 0.3) is 0 Å². The fourth-order valence-corrected chi connectivity index (χ4v) is 2.58. The molecule has 1 aromatic heterocycles. The van der Waals surface area contributed by atoms with Crippen LogP contribution in [-0.2, 0) is 10.0 Å². The summed E-state index contributed by atoms with van der Waals surface area (Å²) in [4.78, 5) is 3.76. The van der Waals surface area contributed by atoms with E-state index in [1.807, 2.05) is 6.07 Å². The third kappa shape index (κ3) is 2.83. The lowest BCUT2D eigenvalue weighted by Gasteiger charge is -2.05. The molecular formula is C10H8ClN5O2S. The van der Waals surface area contributed by atoms with E-state index in [4.69, 9.17) is 16.9 Å². The highest BCUT2D eigenvalue weighted by Gasteiger charge is 2.17. The summed E-state index contributed by atoms with van der Waals surface area (Å²) in [6, 6.07) is 5.66. The van der Waals surface area contributed by atoms with Gasteiger partial charge in [0.2, 0.25) is 0 Å². The van der Waals surface area contributed by atoms with E-state index in [2.05, 4.69) is 19.9 Å². The lowest BCUT2D eigenvalue weighted by molar-refractivity contribution is 0.601. The van der Waals surface area contributed by atoms with Gasteiger partial charge in [-0.25, -0.2) is 13.1 Å². The average molecular weight is 298 g/mol. The molecule has 0 fully saturated rings. The smallest absolute Gasteiger partial charge is 0.261 e. The number of H-pyrrole nitrogens is 1. The first-order valence-corrected chi connectivity index (χ1v) is 6.90. The predicted molar refractivity (Wildman–Crippen MR) is 68.1 cm³/mol. The van der Waals surface area contributed by atoms with Crippen molar-refractivity contribution in [2.24, 2.45) is 0 Å². The van der Waals surface area contributed by atoms with Crippen LogP contribution < -0.4 is 4.72 Å². The van der Waals surface area contributed by atoms with E-state index < -0.39 is 10.0 Å². The van der Waals surface area contributed by atoms with Crippen LogP contribution in [0.2, 0.25) is 5.02 Å². The number of aromatic amines is 1.